The van der Waals surface area contributed by atoms with Gasteiger partial charge in [-0.3, -0.25) is 19.3 Å². The molecule has 8 heteroatoms. The van der Waals surface area contributed by atoms with Gasteiger partial charge in [0.05, 0.1) is 17.7 Å². The zero-order valence-corrected chi connectivity index (χ0v) is 15.1. The molecule has 2 aromatic carbocycles. The largest absolute Gasteiger partial charge is 0.487 e. The molecule has 0 aliphatic carbocycles. The zero-order chi connectivity index (χ0) is 19.6. The molecule has 0 spiro atoms. The second-order valence-corrected chi connectivity index (χ2v) is 6.35. The van der Waals surface area contributed by atoms with Crippen molar-refractivity contribution in [2.24, 2.45) is 0 Å². The van der Waals surface area contributed by atoms with Crippen LogP contribution in [-0.2, 0) is 4.79 Å². The summed E-state index contributed by atoms with van der Waals surface area (Å²) >= 11 is 5.87. The van der Waals surface area contributed by atoms with Gasteiger partial charge in [-0.05, 0) is 24.3 Å². The summed E-state index contributed by atoms with van der Waals surface area (Å²) in [5, 5.41) is 10.6. The van der Waals surface area contributed by atoms with Crippen molar-refractivity contribution >= 4 is 29.4 Å². The summed E-state index contributed by atoms with van der Waals surface area (Å²) in [6, 6.07) is 10.9. The summed E-state index contributed by atoms with van der Waals surface area (Å²) in [5.41, 5.74) is 0.621. The van der Waals surface area contributed by atoms with E-state index in [1.54, 1.807) is 30.3 Å². The van der Waals surface area contributed by atoms with Gasteiger partial charge in [0.2, 0.25) is 0 Å². The second kappa shape index (κ2) is 7.77. The van der Waals surface area contributed by atoms with Crippen molar-refractivity contribution in [1.82, 2.24) is 4.90 Å². The number of halogens is 1. The Kier molecular flexibility index (Phi) is 5.43. The molecule has 1 aliphatic heterocycles. The van der Waals surface area contributed by atoms with E-state index in [-0.39, 0.29) is 24.7 Å². The number of hydrogen-bond donors (Lipinski definition) is 1. The van der Waals surface area contributed by atoms with E-state index in [4.69, 9.17) is 21.1 Å². The third kappa shape index (κ3) is 4.10. The van der Waals surface area contributed by atoms with Crippen LogP contribution in [0.5, 0.6) is 11.5 Å². The SMILES string of the molecule is CC(=O)Oc1cc(Cl)ccc1OCC(O)CN1C(=O)c2ccccc2C1=O. The second-order valence-electron chi connectivity index (χ2n) is 5.92. The number of imide groups is 1. The van der Waals surface area contributed by atoms with Gasteiger partial charge in [0.1, 0.15) is 12.7 Å². The van der Waals surface area contributed by atoms with Crippen LogP contribution in [0.1, 0.15) is 27.6 Å². The minimum atomic E-state index is -1.13. The number of ether oxygens (including phenoxy) is 2. The van der Waals surface area contributed by atoms with Crippen molar-refractivity contribution in [2.75, 3.05) is 13.2 Å². The Morgan fingerprint density at radius 3 is 2.33 bits per heavy atom. The van der Waals surface area contributed by atoms with E-state index in [2.05, 4.69) is 0 Å². The lowest BCUT2D eigenvalue weighted by Gasteiger charge is -2.19. The van der Waals surface area contributed by atoms with Gasteiger partial charge in [0, 0.05) is 18.0 Å². The number of hydrogen-bond acceptors (Lipinski definition) is 6. The number of nitrogens with zero attached hydrogens (tertiary/aromatic N) is 1. The number of fused-ring (bicyclic) bond motifs is 1. The number of aliphatic hydroxyl groups excluding tert-OH is 1. The van der Waals surface area contributed by atoms with Crippen molar-refractivity contribution in [3.05, 3.63) is 58.6 Å². The standard InChI is InChI=1S/C19H16ClNO6/c1-11(22)27-17-8-12(20)6-7-16(17)26-10-13(23)9-21-18(24)14-4-2-3-5-15(14)19(21)25/h2-8,13,23H,9-10H2,1H3. The Balaban J connectivity index is 1.64. The average molecular weight is 390 g/mol. The predicted molar refractivity (Wildman–Crippen MR) is 96.1 cm³/mol. The number of carbonyl (C=O) groups excluding carboxylic acids is 3. The fourth-order valence-corrected chi connectivity index (χ4v) is 2.85. The smallest absolute Gasteiger partial charge is 0.308 e. The minimum Gasteiger partial charge on any atom is -0.487 e. The zero-order valence-electron chi connectivity index (χ0n) is 14.3. The number of rotatable bonds is 6. The highest BCUT2D eigenvalue weighted by Gasteiger charge is 2.36. The fourth-order valence-electron chi connectivity index (χ4n) is 2.69. The highest BCUT2D eigenvalue weighted by Crippen LogP contribution is 2.31. The van der Waals surface area contributed by atoms with E-state index in [0.717, 1.165) is 4.90 Å². The minimum absolute atomic E-state index is 0.114. The third-order valence-electron chi connectivity index (χ3n) is 3.86. The number of aliphatic hydroxyl groups is 1. The first kappa shape index (κ1) is 18.9. The van der Waals surface area contributed by atoms with Crippen LogP contribution < -0.4 is 9.47 Å². The third-order valence-corrected chi connectivity index (χ3v) is 4.10. The summed E-state index contributed by atoms with van der Waals surface area (Å²) in [7, 11) is 0. The van der Waals surface area contributed by atoms with Gasteiger partial charge in [0.25, 0.3) is 11.8 Å². The molecule has 1 N–H and O–H groups in total. The molecule has 2 amide bonds. The van der Waals surface area contributed by atoms with Gasteiger partial charge < -0.3 is 14.6 Å². The van der Waals surface area contributed by atoms with Gasteiger partial charge in [-0.2, -0.15) is 0 Å². The number of β-amino-alcohol motifs (C(OH)–C–C–N with tert-alkyl or cyclic N) is 1. The van der Waals surface area contributed by atoms with Crippen LogP contribution in [0.25, 0.3) is 0 Å². The van der Waals surface area contributed by atoms with Crippen molar-refractivity contribution < 1.29 is 29.0 Å². The molecule has 0 saturated heterocycles. The van der Waals surface area contributed by atoms with E-state index in [9.17, 15) is 19.5 Å². The van der Waals surface area contributed by atoms with Gasteiger partial charge in [-0.1, -0.05) is 23.7 Å². The lowest BCUT2D eigenvalue weighted by atomic mass is 10.1. The Hall–Kier alpha value is -2.90. The van der Waals surface area contributed by atoms with E-state index in [0.29, 0.717) is 16.1 Å². The van der Waals surface area contributed by atoms with Crippen molar-refractivity contribution in [1.29, 1.82) is 0 Å². The maximum Gasteiger partial charge on any atom is 0.308 e. The van der Waals surface area contributed by atoms with Crippen LogP contribution in [0.15, 0.2) is 42.5 Å². The van der Waals surface area contributed by atoms with Gasteiger partial charge in [-0.15, -0.1) is 0 Å². The molecule has 140 valence electrons. The first-order chi connectivity index (χ1) is 12.9. The van der Waals surface area contributed by atoms with Crippen LogP contribution in [0, 0.1) is 0 Å². The first-order valence-electron chi connectivity index (χ1n) is 8.11. The molecule has 0 fully saturated rings. The number of esters is 1. The van der Waals surface area contributed by atoms with E-state index in [1.165, 1.54) is 19.1 Å². The molecule has 0 saturated carbocycles. The molecule has 7 nitrogen and oxygen atoms in total. The van der Waals surface area contributed by atoms with Gasteiger partial charge in [-0.25, -0.2) is 0 Å². The number of carbonyl (C=O) groups is 3. The summed E-state index contributed by atoms with van der Waals surface area (Å²) in [6.07, 6.45) is -1.13. The Morgan fingerprint density at radius 1 is 1.11 bits per heavy atom. The molecule has 0 bridgehead atoms. The van der Waals surface area contributed by atoms with Crippen LogP contribution in [0.3, 0.4) is 0 Å². The number of amides is 2. The fraction of sp³-hybridized carbons (Fsp3) is 0.211. The average Bonchev–Trinajstić information content (AvgIpc) is 2.86. The highest BCUT2D eigenvalue weighted by atomic mass is 35.5. The summed E-state index contributed by atoms with van der Waals surface area (Å²) in [6.45, 7) is 0.800. The molecule has 2 aromatic rings. The van der Waals surface area contributed by atoms with Crippen molar-refractivity contribution in [3.8, 4) is 11.5 Å². The molecular weight excluding hydrogens is 374 g/mol. The molecule has 1 atom stereocenters. The Bertz CT molecular complexity index is 878. The topological polar surface area (TPSA) is 93.1 Å². The van der Waals surface area contributed by atoms with E-state index < -0.39 is 23.9 Å². The van der Waals surface area contributed by atoms with Crippen LogP contribution in [0.4, 0.5) is 0 Å². The molecule has 0 aromatic heterocycles. The lowest BCUT2D eigenvalue weighted by molar-refractivity contribution is -0.132. The molecule has 3 rings (SSSR count). The molecule has 1 aliphatic rings. The van der Waals surface area contributed by atoms with Gasteiger partial charge >= 0.3 is 5.97 Å². The maximum atomic E-state index is 12.3. The molecular formula is C19H16ClNO6. The molecule has 1 heterocycles. The van der Waals surface area contributed by atoms with Crippen molar-refractivity contribution in [2.45, 2.75) is 13.0 Å². The Morgan fingerprint density at radius 2 is 1.74 bits per heavy atom. The normalized spacial score (nSPS) is 14.1. The summed E-state index contributed by atoms with van der Waals surface area (Å²) < 4.78 is 10.5. The predicted octanol–water partition coefficient (Wildman–Crippen LogP) is 2.30. The van der Waals surface area contributed by atoms with Crippen molar-refractivity contribution in [3.63, 3.8) is 0 Å². The molecule has 1 unspecified atom stereocenters. The quantitative estimate of drug-likeness (QED) is 0.463. The van der Waals surface area contributed by atoms with Gasteiger partial charge in [0.15, 0.2) is 11.5 Å². The van der Waals surface area contributed by atoms with E-state index >= 15 is 0 Å². The number of benzene rings is 2. The monoisotopic (exact) mass is 389 g/mol. The summed E-state index contributed by atoms with van der Waals surface area (Å²) in [4.78, 5) is 36.8. The van der Waals surface area contributed by atoms with Crippen LogP contribution in [0.2, 0.25) is 5.02 Å². The van der Waals surface area contributed by atoms with Crippen LogP contribution in [-0.4, -0.2) is 47.0 Å². The van der Waals surface area contributed by atoms with Crippen LogP contribution >= 0.6 is 11.6 Å². The Labute approximate surface area is 160 Å². The highest BCUT2D eigenvalue weighted by molar-refractivity contribution is 6.30. The summed E-state index contributed by atoms with van der Waals surface area (Å²) in [5.74, 6) is -1.14. The molecule has 27 heavy (non-hydrogen) atoms. The van der Waals surface area contributed by atoms with E-state index in [1.807, 2.05) is 0 Å². The maximum absolute atomic E-state index is 12.3. The lowest BCUT2D eigenvalue weighted by Crippen LogP contribution is -2.39. The first-order valence-corrected chi connectivity index (χ1v) is 8.48. The molecule has 0 radical (unpaired) electrons.